The second-order valence-corrected chi connectivity index (χ2v) is 9.67. The van der Waals surface area contributed by atoms with Crippen molar-refractivity contribution in [1.82, 2.24) is 24.9 Å². The van der Waals surface area contributed by atoms with E-state index in [2.05, 4.69) is 31.9 Å². The van der Waals surface area contributed by atoms with Gasteiger partial charge >= 0.3 is 0 Å². The van der Waals surface area contributed by atoms with Crippen LogP contribution in [0, 0.1) is 0 Å². The molecule has 2 aliphatic rings. The lowest BCUT2D eigenvalue weighted by Gasteiger charge is -2.14. The van der Waals surface area contributed by atoms with E-state index >= 15 is 0 Å². The van der Waals surface area contributed by atoms with Crippen molar-refractivity contribution in [3.63, 3.8) is 0 Å². The summed E-state index contributed by atoms with van der Waals surface area (Å²) in [4.78, 5) is 31.5. The molecule has 1 fully saturated rings. The molecule has 0 atom stereocenters. The molecule has 0 aliphatic carbocycles. The molecule has 2 aromatic carbocycles. The largest absolute Gasteiger partial charge is 0.352 e. The fraction of sp³-hybridized carbons (Fsp3) is 0.276. The molecular formula is C29H30N6O2. The summed E-state index contributed by atoms with van der Waals surface area (Å²) in [5.41, 5.74) is 6.97. The molecule has 4 aromatic rings. The highest BCUT2D eigenvalue weighted by Crippen LogP contribution is 2.29. The third-order valence-corrected chi connectivity index (χ3v) is 7.20. The maximum absolute atomic E-state index is 12.5. The highest BCUT2D eigenvalue weighted by Gasteiger charge is 2.20. The summed E-state index contributed by atoms with van der Waals surface area (Å²) in [6.45, 7) is 4.67. The number of nitrogens with zero attached hydrogens (tertiary/aromatic N) is 3. The third-order valence-electron chi connectivity index (χ3n) is 7.20. The molecule has 0 bridgehead atoms. The molecule has 0 saturated carbocycles. The van der Waals surface area contributed by atoms with Gasteiger partial charge in [0.25, 0.3) is 11.8 Å². The van der Waals surface area contributed by atoms with Gasteiger partial charge in [-0.2, -0.15) is 0 Å². The van der Waals surface area contributed by atoms with Gasteiger partial charge in [-0.25, -0.2) is 4.98 Å². The zero-order chi connectivity index (χ0) is 25.2. The zero-order valence-corrected chi connectivity index (χ0v) is 20.7. The van der Waals surface area contributed by atoms with Crippen LogP contribution in [-0.2, 0) is 6.54 Å². The lowest BCUT2D eigenvalue weighted by Crippen LogP contribution is -2.28. The molecule has 8 nitrogen and oxygen atoms in total. The minimum absolute atomic E-state index is 0.0186. The second kappa shape index (κ2) is 10.1. The van der Waals surface area contributed by atoms with E-state index in [1.54, 1.807) is 6.20 Å². The van der Waals surface area contributed by atoms with Crippen LogP contribution < -0.4 is 16.0 Å². The van der Waals surface area contributed by atoms with Gasteiger partial charge in [0.2, 0.25) is 0 Å². The first kappa shape index (κ1) is 23.2. The third kappa shape index (κ3) is 4.80. The van der Waals surface area contributed by atoms with Crippen molar-refractivity contribution in [3.05, 3.63) is 83.7 Å². The monoisotopic (exact) mass is 494 g/mol. The number of amides is 2. The number of likely N-dealkylation sites (tertiary alicyclic amines) is 1. The molecule has 0 spiro atoms. The average molecular weight is 495 g/mol. The molecule has 0 unspecified atom stereocenters. The Labute approximate surface area is 215 Å². The lowest BCUT2D eigenvalue weighted by atomic mass is 10.0. The number of imidazole rings is 1. The second-order valence-electron chi connectivity index (χ2n) is 9.67. The molecule has 0 radical (unpaired) electrons. The first-order valence-corrected chi connectivity index (χ1v) is 12.9. The number of benzene rings is 2. The van der Waals surface area contributed by atoms with E-state index in [-0.39, 0.29) is 11.8 Å². The highest BCUT2D eigenvalue weighted by atomic mass is 16.2. The van der Waals surface area contributed by atoms with Gasteiger partial charge in [0.05, 0.1) is 11.4 Å². The number of hydrogen-bond acceptors (Lipinski definition) is 5. The maximum Gasteiger partial charge on any atom is 0.251 e. The standard InChI is InChI=1S/C29H30N6O2/c36-28(31-12-3-16-34-14-1-2-15-34)20-4-7-23(8-5-20)33-25-10-11-26(35-17-13-30-27(25)35)21-6-9-24-22(18-21)19-32-29(24)37/h4-11,13,17-18,33H,1-3,12,14-16,19H2,(H,31,36)(H,32,37). The summed E-state index contributed by atoms with van der Waals surface area (Å²) in [6, 6.07) is 17.5. The fourth-order valence-corrected chi connectivity index (χ4v) is 5.21. The molecule has 2 aliphatic heterocycles. The number of anilines is 2. The van der Waals surface area contributed by atoms with Crippen molar-refractivity contribution >= 4 is 28.8 Å². The predicted molar refractivity (Wildman–Crippen MR) is 144 cm³/mol. The summed E-state index contributed by atoms with van der Waals surface area (Å²) in [7, 11) is 0. The molecule has 3 N–H and O–H groups in total. The van der Waals surface area contributed by atoms with Crippen molar-refractivity contribution in [2.45, 2.75) is 25.8 Å². The van der Waals surface area contributed by atoms with E-state index in [0.717, 1.165) is 52.4 Å². The van der Waals surface area contributed by atoms with E-state index in [1.807, 2.05) is 59.1 Å². The van der Waals surface area contributed by atoms with Crippen LogP contribution in [0.25, 0.3) is 16.9 Å². The van der Waals surface area contributed by atoms with Gasteiger partial charge in [-0.1, -0.05) is 6.07 Å². The van der Waals surface area contributed by atoms with Crippen molar-refractivity contribution in [3.8, 4) is 11.3 Å². The summed E-state index contributed by atoms with van der Waals surface area (Å²) < 4.78 is 2.04. The zero-order valence-electron chi connectivity index (χ0n) is 20.7. The van der Waals surface area contributed by atoms with Crippen molar-refractivity contribution < 1.29 is 9.59 Å². The minimum atomic E-state index is -0.0424. The molecule has 8 heteroatoms. The number of pyridine rings is 1. The summed E-state index contributed by atoms with van der Waals surface area (Å²) in [5, 5.41) is 9.34. The topological polar surface area (TPSA) is 90.8 Å². The molecule has 1 saturated heterocycles. The van der Waals surface area contributed by atoms with Gasteiger partial charge in [0.15, 0.2) is 5.65 Å². The van der Waals surface area contributed by atoms with E-state index in [0.29, 0.717) is 18.7 Å². The van der Waals surface area contributed by atoms with Crippen molar-refractivity contribution in [2.75, 3.05) is 31.5 Å². The van der Waals surface area contributed by atoms with E-state index in [1.165, 1.54) is 25.9 Å². The van der Waals surface area contributed by atoms with Crippen LogP contribution in [0.3, 0.4) is 0 Å². The number of carbonyl (C=O) groups is 2. The van der Waals surface area contributed by atoms with Gasteiger partial charge in [-0.3, -0.25) is 14.0 Å². The van der Waals surface area contributed by atoms with Crippen LogP contribution in [-0.4, -0.2) is 52.3 Å². The molecule has 6 rings (SSSR count). The number of carbonyl (C=O) groups excluding carboxylic acids is 2. The molecule has 2 amide bonds. The van der Waals surface area contributed by atoms with Gasteiger partial charge in [-0.15, -0.1) is 0 Å². The van der Waals surface area contributed by atoms with Gasteiger partial charge in [0.1, 0.15) is 0 Å². The Bertz CT molecular complexity index is 1450. The highest BCUT2D eigenvalue weighted by molar-refractivity contribution is 5.99. The Balaban J connectivity index is 1.12. The van der Waals surface area contributed by atoms with Crippen molar-refractivity contribution in [2.24, 2.45) is 0 Å². The van der Waals surface area contributed by atoms with E-state index < -0.39 is 0 Å². The first-order chi connectivity index (χ1) is 18.2. The summed E-state index contributed by atoms with van der Waals surface area (Å²) in [6.07, 6.45) is 7.27. The lowest BCUT2D eigenvalue weighted by molar-refractivity contribution is 0.0948. The minimum Gasteiger partial charge on any atom is -0.352 e. The SMILES string of the molecule is O=C(NCCCN1CCCC1)c1ccc(Nc2ccc(-c3ccc4c(c3)CNC4=O)n3ccnc23)cc1. The summed E-state index contributed by atoms with van der Waals surface area (Å²) >= 11 is 0. The smallest absolute Gasteiger partial charge is 0.251 e. The normalized spacial score (nSPS) is 15.1. The number of nitrogens with one attached hydrogen (secondary N) is 3. The van der Waals surface area contributed by atoms with Gasteiger partial charge < -0.3 is 20.9 Å². The maximum atomic E-state index is 12.5. The van der Waals surface area contributed by atoms with E-state index in [4.69, 9.17) is 0 Å². The number of aromatic nitrogens is 2. The molecule has 188 valence electrons. The van der Waals surface area contributed by atoms with Gasteiger partial charge in [0, 0.05) is 42.3 Å². The fourth-order valence-electron chi connectivity index (χ4n) is 5.21. The molecule has 4 heterocycles. The van der Waals surface area contributed by atoms with Crippen LogP contribution >= 0.6 is 0 Å². The number of hydrogen-bond donors (Lipinski definition) is 3. The predicted octanol–water partition coefficient (Wildman–Crippen LogP) is 4.20. The van der Waals surface area contributed by atoms with Crippen LogP contribution in [0.15, 0.2) is 67.0 Å². The van der Waals surface area contributed by atoms with Crippen LogP contribution in [0.1, 0.15) is 45.5 Å². The Hall–Kier alpha value is -4.17. The van der Waals surface area contributed by atoms with Gasteiger partial charge in [-0.05, 0) is 98.6 Å². The van der Waals surface area contributed by atoms with Crippen LogP contribution in [0.4, 0.5) is 11.4 Å². The Morgan fingerprint density at radius 1 is 1.03 bits per heavy atom. The Morgan fingerprint density at radius 2 is 1.86 bits per heavy atom. The molecule has 2 aromatic heterocycles. The number of rotatable bonds is 8. The Kier molecular flexibility index (Phi) is 6.32. The van der Waals surface area contributed by atoms with Crippen LogP contribution in [0.2, 0.25) is 0 Å². The van der Waals surface area contributed by atoms with Crippen LogP contribution in [0.5, 0.6) is 0 Å². The van der Waals surface area contributed by atoms with E-state index in [9.17, 15) is 9.59 Å². The summed E-state index contributed by atoms with van der Waals surface area (Å²) in [5.74, 6) is -0.0610. The van der Waals surface area contributed by atoms with Crippen molar-refractivity contribution in [1.29, 1.82) is 0 Å². The molecule has 37 heavy (non-hydrogen) atoms. The molecular weight excluding hydrogens is 464 g/mol. The quantitative estimate of drug-likeness (QED) is 0.319. The average Bonchev–Trinajstić information content (AvgIpc) is 3.69. The Morgan fingerprint density at radius 3 is 2.70 bits per heavy atom. The first-order valence-electron chi connectivity index (χ1n) is 12.9. The number of fused-ring (bicyclic) bond motifs is 2.